The van der Waals surface area contributed by atoms with E-state index in [4.69, 9.17) is 0 Å². The molecular formula is C51H59N9O7. The van der Waals surface area contributed by atoms with Gasteiger partial charge >= 0.3 is 0 Å². The van der Waals surface area contributed by atoms with Crippen molar-refractivity contribution in [3.63, 3.8) is 0 Å². The van der Waals surface area contributed by atoms with Crippen LogP contribution in [0.1, 0.15) is 73.5 Å². The van der Waals surface area contributed by atoms with Gasteiger partial charge in [-0.1, -0.05) is 30.7 Å². The predicted octanol–water partition coefficient (Wildman–Crippen LogP) is 3.68. The molecule has 67 heavy (non-hydrogen) atoms. The standard InChI is InChI=1S/C51H59N9O7/c1-53-25-29-55(30-26-53)41-16-14-39-46-35(41)9-6-11-37(46)48(64)59(50(39)66)24-21-52-20-8-22-57(43(61)13-4-3-5-23-58-44(62)18-19-45(58)63)33-34-60-49(65)38-12-7-10-36-42(56-31-27-54(2)28-32-56)17-15-40(47(36)38)51(60)67/h6-7,9-12,14-19,52H,3-5,8,13,20-34H2,1-2H3. The summed E-state index contributed by atoms with van der Waals surface area (Å²) in [6.45, 7) is 8.95. The fourth-order valence-electron chi connectivity index (χ4n) is 10.1. The smallest absolute Gasteiger partial charge is 0.261 e. The molecule has 2 saturated heterocycles. The van der Waals surface area contributed by atoms with Gasteiger partial charge in [-0.15, -0.1) is 0 Å². The average molecular weight is 910 g/mol. The normalized spacial score (nSPS) is 17.9. The first kappa shape index (κ1) is 45.7. The molecule has 0 radical (unpaired) electrons. The molecule has 0 aromatic heterocycles. The van der Waals surface area contributed by atoms with Gasteiger partial charge in [0.2, 0.25) is 5.91 Å². The Bertz CT molecular complexity index is 2610. The number of piperazine rings is 2. The van der Waals surface area contributed by atoms with Gasteiger partial charge in [-0.05, 0) is 76.3 Å². The summed E-state index contributed by atoms with van der Waals surface area (Å²) < 4.78 is 0. The maximum absolute atomic E-state index is 14.1. The Morgan fingerprint density at radius 3 is 1.52 bits per heavy atom. The van der Waals surface area contributed by atoms with E-state index in [1.807, 2.05) is 48.5 Å². The van der Waals surface area contributed by atoms with Crippen LogP contribution in [-0.2, 0) is 14.4 Å². The minimum absolute atomic E-state index is 0.0172. The van der Waals surface area contributed by atoms with E-state index in [0.717, 1.165) is 74.5 Å². The number of nitrogens with one attached hydrogen (secondary N) is 1. The molecule has 2 fully saturated rings. The molecule has 0 bridgehead atoms. The van der Waals surface area contributed by atoms with Crippen LogP contribution in [0.15, 0.2) is 72.8 Å². The van der Waals surface area contributed by atoms with Crippen molar-refractivity contribution in [2.45, 2.75) is 32.1 Å². The summed E-state index contributed by atoms with van der Waals surface area (Å²) >= 11 is 0. The monoisotopic (exact) mass is 909 g/mol. The van der Waals surface area contributed by atoms with Crippen molar-refractivity contribution in [3.05, 3.63) is 95.1 Å². The minimum atomic E-state index is -0.385. The maximum Gasteiger partial charge on any atom is 0.261 e. The molecule has 0 unspecified atom stereocenters. The second-order valence-electron chi connectivity index (χ2n) is 18.3. The lowest BCUT2D eigenvalue weighted by Crippen LogP contribution is -2.46. The highest BCUT2D eigenvalue weighted by molar-refractivity contribution is 6.28. The Labute approximate surface area is 390 Å². The first-order valence-electron chi connectivity index (χ1n) is 23.7. The Hall–Kier alpha value is -6.49. The third-order valence-corrected chi connectivity index (χ3v) is 14.0. The van der Waals surface area contributed by atoms with Crippen molar-refractivity contribution in [1.29, 1.82) is 0 Å². The van der Waals surface area contributed by atoms with Crippen LogP contribution in [0.2, 0.25) is 0 Å². The highest BCUT2D eigenvalue weighted by Crippen LogP contribution is 2.38. The lowest BCUT2D eigenvalue weighted by Gasteiger charge is -2.36. The molecule has 0 saturated carbocycles. The summed E-state index contributed by atoms with van der Waals surface area (Å²) in [5, 5.41) is 6.53. The van der Waals surface area contributed by atoms with Crippen LogP contribution in [0.5, 0.6) is 0 Å². The summed E-state index contributed by atoms with van der Waals surface area (Å²) in [5.41, 5.74) is 4.03. The molecule has 0 atom stereocenters. The summed E-state index contributed by atoms with van der Waals surface area (Å²) in [6, 6.07) is 18.9. The van der Waals surface area contributed by atoms with Crippen molar-refractivity contribution in [2.24, 2.45) is 0 Å². The molecular weight excluding hydrogens is 851 g/mol. The number of rotatable bonds is 18. The molecule has 16 heteroatoms. The number of imide groups is 3. The molecule has 1 N–H and O–H groups in total. The number of benzene rings is 4. The van der Waals surface area contributed by atoms with Crippen LogP contribution < -0.4 is 15.1 Å². The fraction of sp³-hybridized carbons (Fsp3) is 0.431. The largest absolute Gasteiger partial charge is 0.368 e. The Morgan fingerprint density at radius 2 is 1.00 bits per heavy atom. The number of carbonyl (C=O) groups excluding carboxylic acids is 7. The fourth-order valence-corrected chi connectivity index (χ4v) is 10.1. The molecule has 9 rings (SSSR count). The van der Waals surface area contributed by atoms with Gasteiger partial charge in [0, 0.05) is 165 Å². The summed E-state index contributed by atoms with van der Waals surface area (Å²) in [5.74, 6) is -2.19. The minimum Gasteiger partial charge on any atom is -0.368 e. The summed E-state index contributed by atoms with van der Waals surface area (Å²) in [4.78, 5) is 108. The van der Waals surface area contributed by atoms with E-state index in [1.165, 1.54) is 26.9 Å². The third-order valence-electron chi connectivity index (χ3n) is 14.0. The molecule has 5 aliphatic rings. The lowest BCUT2D eigenvalue weighted by atomic mass is 9.92. The van der Waals surface area contributed by atoms with E-state index in [2.05, 4.69) is 39.0 Å². The zero-order chi connectivity index (χ0) is 46.8. The quantitative estimate of drug-likeness (QED) is 0.114. The summed E-state index contributed by atoms with van der Waals surface area (Å²) in [7, 11) is 4.21. The van der Waals surface area contributed by atoms with Gasteiger partial charge in [0.1, 0.15) is 0 Å². The SMILES string of the molecule is CN1CCN(c2ccc3c4c(cccc24)C(=O)N(CCNCCCN(CCN2C(=O)c4cccc5c(N6CCN(C)CC6)ccc(c45)C2=O)C(=O)CCCCCN2C(=O)C=CC2=O)C3=O)CC1. The van der Waals surface area contributed by atoms with Gasteiger partial charge in [-0.2, -0.15) is 0 Å². The van der Waals surface area contributed by atoms with E-state index >= 15 is 0 Å². The van der Waals surface area contributed by atoms with Gasteiger partial charge in [0.05, 0.1) is 0 Å². The average Bonchev–Trinajstić information content (AvgIpc) is 3.66. The van der Waals surface area contributed by atoms with Gasteiger partial charge < -0.3 is 29.8 Å². The van der Waals surface area contributed by atoms with Crippen molar-refractivity contribution >= 4 is 74.3 Å². The van der Waals surface area contributed by atoms with E-state index in [-0.39, 0.29) is 74.0 Å². The highest BCUT2D eigenvalue weighted by Gasteiger charge is 2.36. The van der Waals surface area contributed by atoms with Gasteiger partial charge in [0.15, 0.2) is 0 Å². The van der Waals surface area contributed by atoms with E-state index in [1.54, 1.807) is 17.0 Å². The van der Waals surface area contributed by atoms with E-state index < -0.39 is 0 Å². The van der Waals surface area contributed by atoms with Crippen LogP contribution in [0.25, 0.3) is 21.5 Å². The van der Waals surface area contributed by atoms with Crippen LogP contribution in [-0.4, -0.2) is 183 Å². The first-order chi connectivity index (χ1) is 32.5. The van der Waals surface area contributed by atoms with Crippen LogP contribution in [0.4, 0.5) is 11.4 Å². The molecule has 350 valence electrons. The number of hydrogen-bond acceptors (Lipinski definition) is 12. The topological polar surface area (TPSA) is 157 Å². The van der Waals surface area contributed by atoms with Crippen LogP contribution in [0, 0.1) is 0 Å². The molecule has 5 heterocycles. The molecule has 16 nitrogen and oxygen atoms in total. The number of unbranched alkanes of at least 4 members (excludes halogenated alkanes) is 2. The Morgan fingerprint density at radius 1 is 0.507 bits per heavy atom. The zero-order valence-electron chi connectivity index (χ0n) is 38.5. The van der Waals surface area contributed by atoms with E-state index in [0.29, 0.717) is 78.3 Å². The first-order valence-corrected chi connectivity index (χ1v) is 23.7. The molecule has 7 amide bonds. The number of anilines is 2. The third kappa shape index (κ3) is 9.17. The Kier molecular flexibility index (Phi) is 13.5. The number of likely N-dealkylation sites (N-methyl/N-ethyl adjacent to an activating group) is 2. The second kappa shape index (κ2) is 19.8. The zero-order valence-corrected chi connectivity index (χ0v) is 38.5. The van der Waals surface area contributed by atoms with Crippen molar-refractivity contribution in [1.82, 2.24) is 34.7 Å². The molecule has 4 aromatic carbocycles. The highest BCUT2D eigenvalue weighted by atomic mass is 16.2. The van der Waals surface area contributed by atoms with Crippen LogP contribution in [0.3, 0.4) is 0 Å². The lowest BCUT2D eigenvalue weighted by molar-refractivity contribution is -0.137. The summed E-state index contributed by atoms with van der Waals surface area (Å²) in [6.07, 6.45) is 5.01. The molecule has 0 aliphatic carbocycles. The molecule has 5 aliphatic heterocycles. The van der Waals surface area contributed by atoms with Gasteiger partial charge in [-0.3, -0.25) is 48.3 Å². The number of amides is 7. The number of nitrogens with zero attached hydrogens (tertiary/aromatic N) is 8. The second-order valence-corrected chi connectivity index (χ2v) is 18.3. The van der Waals surface area contributed by atoms with Gasteiger partial charge in [0.25, 0.3) is 35.4 Å². The maximum atomic E-state index is 14.1. The van der Waals surface area contributed by atoms with Crippen molar-refractivity contribution < 1.29 is 33.6 Å². The van der Waals surface area contributed by atoms with Crippen molar-refractivity contribution in [2.75, 3.05) is 122 Å². The predicted molar refractivity (Wildman–Crippen MR) is 256 cm³/mol. The number of carbonyl (C=O) groups is 7. The molecule has 0 spiro atoms. The van der Waals surface area contributed by atoms with Crippen LogP contribution >= 0.6 is 0 Å². The van der Waals surface area contributed by atoms with E-state index in [9.17, 15) is 33.6 Å². The molecule has 4 aromatic rings. The number of hydrogen-bond donors (Lipinski definition) is 1. The van der Waals surface area contributed by atoms with Crippen molar-refractivity contribution in [3.8, 4) is 0 Å². The van der Waals surface area contributed by atoms with Gasteiger partial charge in [-0.25, -0.2) is 0 Å². The Balaban J connectivity index is 0.821.